The number of para-hydroxylation sites is 1. The van der Waals surface area contributed by atoms with Crippen LogP contribution in [0.1, 0.15) is 11.3 Å². The van der Waals surface area contributed by atoms with Gasteiger partial charge in [-0.05, 0) is 12.1 Å². The second-order valence-electron chi connectivity index (χ2n) is 4.00. The summed E-state index contributed by atoms with van der Waals surface area (Å²) in [7, 11) is 0. The lowest BCUT2D eigenvalue weighted by Crippen LogP contribution is -2.16. The lowest BCUT2D eigenvalue weighted by Gasteiger charge is -2.08. The molecular formula is C16H15NO2. The van der Waals surface area contributed by atoms with E-state index in [1.54, 1.807) is 36.4 Å². The summed E-state index contributed by atoms with van der Waals surface area (Å²) in [6.45, 7) is 7.48. The van der Waals surface area contributed by atoms with Crippen molar-refractivity contribution in [1.82, 2.24) is 0 Å². The second-order valence-corrected chi connectivity index (χ2v) is 4.00. The number of benzene rings is 1. The Bertz CT molecular complexity index is 723. The average molecular weight is 253 g/mol. The zero-order chi connectivity index (χ0) is 13.8. The van der Waals surface area contributed by atoms with Gasteiger partial charge >= 0.3 is 0 Å². The van der Waals surface area contributed by atoms with Crippen molar-refractivity contribution in [2.75, 3.05) is 0 Å². The quantitative estimate of drug-likeness (QED) is 0.852. The molecule has 0 fully saturated rings. The van der Waals surface area contributed by atoms with E-state index in [2.05, 4.69) is 13.2 Å². The smallest absolute Gasteiger partial charge is 0.197 e. The molecular weight excluding hydrogens is 238 g/mol. The molecule has 0 aliphatic carbocycles. The Kier molecular flexibility index (Phi) is 3.78. The number of allylic oxidation sites excluding steroid dienone is 4. The van der Waals surface area contributed by atoms with Gasteiger partial charge in [0.05, 0.1) is 10.9 Å². The Morgan fingerprint density at radius 3 is 2.68 bits per heavy atom. The average Bonchev–Trinajstić information content (AvgIpc) is 2.45. The van der Waals surface area contributed by atoms with E-state index in [1.165, 1.54) is 0 Å². The number of rotatable bonds is 4. The molecule has 1 aromatic carbocycles. The lowest BCUT2D eigenvalue weighted by atomic mass is 10.0. The van der Waals surface area contributed by atoms with Crippen molar-refractivity contribution in [2.24, 2.45) is 5.73 Å². The van der Waals surface area contributed by atoms with Crippen molar-refractivity contribution >= 4 is 16.5 Å². The zero-order valence-corrected chi connectivity index (χ0v) is 10.6. The molecule has 2 aromatic rings. The Hall–Kier alpha value is -2.39. The van der Waals surface area contributed by atoms with Crippen LogP contribution in [0.2, 0.25) is 0 Å². The first-order valence-corrected chi connectivity index (χ1v) is 5.93. The van der Waals surface area contributed by atoms with E-state index in [0.717, 1.165) is 0 Å². The molecule has 2 rings (SSSR count). The van der Waals surface area contributed by atoms with Crippen LogP contribution in [0.5, 0.6) is 0 Å². The maximum absolute atomic E-state index is 12.4. The van der Waals surface area contributed by atoms with E-state index in [0.29, 0.717) is 27.9 Å². The zero-order valence-electron chi connectivity index (χ0n) is 10.6. The highest BCUT2D eigenvalue weighted by Crippen LogP contribution is 2.23. The van der Waals surface area contributed by atoms with Crippen LogP contribution < -0.4 is 11.2 Å². The molecule has 96 valence electrons. The summed E-state index contributed by atoms with van der Waals surface area (Å²) in [6, 6.07) is 7.11. The molecule has 0 saturated carbocycles. The summed E-state index contributed by atoms with van der Waals surface area (Å²) in [5.74, 6) is 0.459. The van der Waals surface area contributed by atoms with Gasteiger partial charge in [0.2, 0.25) is 0 Å². The Morgan fingerprint density at radius 2 is 2.05 bits per heavy atom. The van der Waals surface area contributed by atoms with Gasteiger partial charge in [-0.25, -0.2) is 0 Å². The summed E-state index contributed by atoms with van der Waals surface area (Å²) in [5.41, 5.74) is 7.26. The summed E-state index contributed by atoms with van der Waals surface area (Å²) < 4.78 is 5.80. The molecule has 0 unspecified atom stereocenters. The molecule has 0 radical (unpaired) electrons. The van der Waals surface area contributed by atoms with Gasteiger partial charge in [-0.1, -0.05) is 43.5 Å². The van der Waals surface area contributed by atoms with Gasteiger partial charge in [0, 0.05) is 12.1 Å². The van der Waals surface area contributed by atoms with E-state index >= 15 is 0 Å². The van der Waals surface area contributed by atoms with Crippen molar-refractivity contribution < 1.29 is 4.42 Å². The monoisotopic (exact) mass is 253 g/mol. The first-order valence-electron chi connectivity index (χ1n) is 5.93. The SMILES string of the molecule is C=C/C=C(\C=C)c1oc2ccccc2c(=O)c1CN. The van der Waals surface area contributed by atoms with Crippen LogP contribution in [0.4, 0.5) is 0 Å². The van der Waals surface area contributed by atoms with Crippen molar-refractivity contribution in [3.05, 3.63) is 77.2 Å². The summed E-state index contributed by atoms with van der Waals surface area (Å²) in [4.78, 5) is 12.4. The first-order chi connectivity index (χ1) is 9.22. The van der Waals surface area contributed by atoms with Crippen molar-refractivity contribution in [1.29, 1.82) is 0 Å². The predicted molar refractivity (Wildman–Crippen MR) is 78.7 cm³/mol. The molecule has 2 N–H and O–H groups in total. The molecule has 0 aliphatic heterocycles. The minimum Gasteiger partial charge on any atom is -0.455 e. The van der Waals surface area contributed by atoms with Crippen LogP contribution in [-0.2, 0) is 6.54 Å². The molecule has 0 saturated heterocycles. The largest absolute Gasteiger partial charge is 0.455 e. The predicted octanol–water partition coefficient (Wildman–Crippen LogP) is 3.01. The first kappa shape index (κ1) is 13.1. The highest BCUT2D eigenvalue weighted by molar-refractivity contribution is 5.81. The fourth-order valence-corrected chi connectivity index (χ4v) is 1.96. The maximum Gasteiger partial charge on any atom is 0.197 e. The third kappa shape index (κ3) is 2.28. The summed E-state index contributed by atoms with van der Waals surface area (Å²) in [5, 5.41) is 0.536. The minimum absolute atomic E-state index is 0.101. The molecule has 3 heteroatoms. The second kappa shape index (κ2) is 5.50. The lowest BCUT2D eigenvalue weighted by molar-refractivity contribution is 0.577. The molecule has 0 spiro atoms. The molecule has 1 heterocycles. The third-order valence-corrected chi connectivity index (χ3v) is 2.88. The van der Waals surface area contributed by atoms with Crippen LogP contribution >= 0.6 is 0 Å². The van der Waals surface area contributed by atoms with Crippen LogP contribution in [0.25, 0.3) is 16.5 Å². The molecule has 3 nitrogen and oxygen atoms in total. The fourth-order valence-electron chi connectivity index (χ4n) is 1.96. The van der Waals surface area contributed by atoms with Gasteiger partial charge < -0.3 is 10.2 Å². The molecule has 0 atom stereocenters. The van der Waals surface area contributed by atoms with Gasteiger partial charge in [-0.3, -0.25) is 4.79 Å². The van der Waals surface area contributed by atoms with E-state index in [-0.39, 0.29) is 12.0 Å². The van der Waals surface area contributed by atoms with E-state index in [4.69, 9.17) is 10.2 Å². The van der Waals surface area contributed by atoms with Crippen molar-refractivity contribution in [2.45, 2.75) is 6.54 Å². The van der Waals surface area contributed by atoms with Gasteiger partial charge in [-0.15, -0.1) is 0 Å². The van der Waals surface area contributed by atoms with E-state index < -0.39 is 0 Å². The summed E-state index contributed by atoms with van der Waals surface area (Å²) in [6.07, 6.45) is 4.97. The number of hydrogen-bond donors (Lipinski definition) is 1. The van der Waals surface area contributed by atoms with Crippen LogP contribution in [0.15, 0.2) is 64.9 Å². The molecule has 0 amide bonds. The minimum atomic E-state index is -0.101. The van der Waals surface area contributed by atoms with Crippen molar-refractivity contribution in [3.63, 3.8) is 0 Å². The standard InChI is InChI=1S/C16H15NO2/c1-3-7-11(4-2)16-13(10-17)15(18)12-8-5-6-9-14(12)19-16/h3-9H,1-2,10,17H2/b11-7+. The fraction of sp³-hybridized carbons (Fsp3) is 0.0625. The van der Waals surface area contributed by atoms with E-state index in [9.17, 15) is 4.79 Å². The topological polar surface area (TPSA) is 56.2 Å². The highest BCUT2D eigenvalue weighted by Gasteiger charge is 2.14. The highest BCUT2D eigenvalue weighted by atomic mass is 16.3. The van der Waals surface area contributed by atoms with Crippen LogP contribution in [-0.4, -0.2) is 0 Å². The third-order valence-electron chi connectivity index (χ3n) is 2.88. The number of fused-ring (bicyclic) bond motifs is 1. The Morgan fingerprint density at radius 1 is 1.32 bits per heavy atom. The maximum atomic E-state index is 12.4. The van der Waals surface area contributed by atoms with E-state index in [1.807, 2.05) is 6.07 Å². The summed E-state index contributed by atoms with van der Waals surface area (Å²) >= 11 is 0. The number of hydrogen-bond acceptors (Lipinski definition) is 3. The van der Waals surface area contributed by atoms with Gasteiger partial charge in [-0.2, -0.15) is 0 Å². The molecule has 0 bridgehead atoms. The van der Waals surface area contributed by atoms with Gasteiger partial charge in [0.15, 0.2) is 5.43 Å². The van der Waals surface area contributed by atoms with Crippen LogP contribution in [0, 0.1) is 0 Å². The molecule has 19 heavy (non-hydrogen) atoms. The van der Waals surface area contributed by atoms with Crippen molar-refractivity contribution in [3.8, 4) is 0 Å². The van der Waals surface area contributed by atoms with Crippen LogP contribution in [0.3, 0.4) is 0 Å². The Balaban J connectivity index is 2.87. The normalized spacial score (nSPS) is 11.5. The molecule has 0 aliphatic rings. The van der Waals surface area contributed by atoms with Gasteiger partial charge in [0.1, 0.15) is 11.3 Å². The van der Waals surface area contributed by atoms with Gasteiger partial charge in [0.25, 0.3) is 0 Å². The Labute approximate surface area is 111 Å². The molecule has 1 aromatic heterocycles. The number of nitrogens with two attached hydrogens (primary N) is 1.